The summed E-state index contributed by atoms with van der Waals surface area (Å²) in [4.78, 5) is 16.3. The lowest BCUT2D eigenvalue weighted by molar-refractivity contribution is 0.102. The maximum atomic E-state index is 12.3. The molecule has 5 nitrogen and oxygen atoms in total. The van der Waals surface area contributed by atoms with Crippen LogP contribution in [-0.4, -0.2) is 25.1 Å². The van der Waals surface area contributed by atoms with Crippen LogP contribution in [0, 0.1) is 6.92 Å². The molecule has 1 heterocycles. The molecule has 1 aromatic carbocycles. The molecule has 0 saturated carbocycles. The van der Waals surface area contributed by atoms with Gasteiger partial charge in [-0.05, 0) is 31.2 Å². The van der Waals surface area contributed by atoms with Crippen molar-refractivity contribution in [2.45, 2.75) is 6.92 Å². The number of nitrogens with zero attached hydrogens (tertiary/aromatic N) is 1. The lowest BCUT2D eigenvalue weighted by atomic mass is 10.1. The minimum absolute atomic E-state index is 0.272. The van der Waals surface area contributed by atoms with E-state index in [9.17, 15) is 4.79 Å². The molecule has 0 unspecified atom stereocenters. The number of rotatable bonds is 4. The highest BCUT2D eigenvalue weighted by atomic mass is 16.5. The summed E-state index contributed by atoms with van der Waals surface area (Å²) in [5, 5.41) is 2.73. The zero-order valence-electron chi connectivity index (χ0n) is 11.6. The van der Waals surface area contributed by atoms with Gasteiger partial charge in [-0.15, -0.1) is 0 Å². The van der Waals surface area contributed by atoms with E-state index in [4.69, 9.17) is 9.47 Å². The number of hydrogen-bond donors (Lipinski definition) is 1. The predicted octanol–water partition coefficient (Wildman–Crippen LogP) is 2.66. The zero-order valence-corrected chi connectivity index (χ0v) is 11.6. The molecule has 2 rings (SSSR count). The Labute approximate surface area is 117 Å². The van der Waals surface area contributed by atoms with Crippen LogP contribution < -0.4 is 14.8 Å². The van der Waals surface area contributed by atoms with Crippen LogP contribution in [0.25, 0.3) is 0 Å². The van der Waals surface area contributed by atoms with Crippen LogP contribution >= 0.6 is 0 Å². The van der Waals surface area contributed by atoms with E-state index in [0.29, 0.717) is 22.9 Å². The summed E-state index contributed by atoms with van der Waals surface area (Å²) >= 11 is 0. The lowest BCUT2D eigenvalue weighted by Crippen LogP contribution is -2.14. The van der Waals surface area contributed by atoms with Gasteiger partial charge in [0.1, 0.15) is 17.3 Å². The highest BCUT2D eigenvalue weighted by Crippen LogP contribution is 2.31. The first kappa shape index (κ1) is 13.9. The Morgan fingerprint density at radius 3 is 2.55 bits per heavy atom. The Morgan fingerprint density at radius 2 is 1.95 bits per heavy atom. The maximum absolute atomic E-state index is 12.3. The van der Waals surface area contributed by atoms with E-state index in [2.05, 4.69) is 10.3 Å². The van der Waals surface area contributed by atoms with Gasteiger partial charge in [0.25, 0.3) is 5.91 Å². The molecule has 0 aliphatic heterocycles. The number of anilines is 1. The number of nitrogens with one attached hydrogen (secondary N) is 1. The molecular formula is C15H16N2O3. The van der Waals surface area contributed by atoms with Crippen LogP contribution in [0.15, 0.2) is 36.5 Å². The van der Waals surface area contributed by atoms with Crippen molar-refractivity contribution < 1.29 is 14.3 Å². The van der Waals surface area contributed by atoms with Gasteiger partial charge in [0.15, 0.2) is 0 Å². The highest BCUT2D eigenvalue weighted by molar-refractivity contribution is 6.06. The normalized spacial score (nSPS) is 9.95. The quantitative estimate of drug-likeness (QED) is 0.929. The fraction of sp³-hybridized carbons (Fsp3) is 0.200. The van der Waals surface area contributed by atoms with Gasteiger partial charge in [-0.25, -0.2) is 4.98 Å². The van der Waals surface area contributed by atoms with E-state index >= 15 is 0 Å². The van der Waals surface area contributed by atoms with Crippen LogP contribution in [0.5, 0.6) is 11.5 Å². The molecule has 0 spiro atoms. The van der Waals surface area contributed by atoms with Crippen LogP contribution in [-0.2, 0) is 0 Å². The molecule has 104 valence electrons. The van der Waals surface area contributed by atoms with Gasteiger partial charge in [0.05, 0.1) is 19.8 Å². The third-order valence-electron chi connectivity index (χ3n) is 2.93. The van der Waals surface area contributed by atoms with Crippen molar-refractivity contribution in [1.82, 2.24) is 4.98 Å². The number of aromatic nitrogens is 1. The van der Waals surface area contributed by atoms with E-state index in [-0.39, 0.29) is 5.91 Å². The number of methoxy groups -OCH3 is 2. The Kier molecular flexibility index (Phi) is 4.20. The minimum atomic E-state index is -0.272. The molecule has 1 N–H and O–H groups in total. The van der Waals surface area contributed by atoms with E-state index in [0.717, 1.165) is 5.56 Å². The molecule has 0 atom stereocenters. The fourth-order valence-corrected chi connectivity index (χ4v) is 1.96. The summed E-state index contributed by atoms with van der Waals surface area (Å²) in [6.45, 7) is 1.84. The molecule has 0 radical (unpaired) electrons. The molecule has 20 heavy (non-hydrogen) atoms. The largest absolute Gasteiger partial charge is 0.496 e. The highest BCUT2D eigenvalue weighted by Gasteiger charge is 2.17. The van der Waals surface area contributed by atoms with Crippen LogP contribution in [0.1, 0.15) is 15.9 Å². The van der Waals surface area contributed by atoms with Crippen molar-refractivity contribution in [3.05, 3.63) is 47.7 Å². The third kappa shape index (κ3) is 2.71. The monoisotopic (exact) mass is 272 g/mol. The fourth-order valence-electron chi connectivity index (χ4n) is 1.96. The van der Waals surface area contributed by atoms with Crippen molar-refractivity contribution in [2.75, 3.05) is 19.5 Å². The SMILES string of the molecule is COc1ccc(C(=O)Nc2ccccn2)c(OC)c1C. The van der Waals surface area contributed by atoms with E-state index < -0.39 is 0 Å². The Bertz CT molecular complexity index is 612. The number of carbonyl (C=O) groups excluding carboxylic acids is 1. The average Bonchev–Trinajstić information content (AvgIpc) is 2.47. The van der Waals surface area contributed by atoms with Crippen molar-refractivity contribution in [3.63, 3.8) is 0 Å². The van der Waals surface area contributed by atoms with Crippen LogP contribution in [0.4, 0.5) is 5.82 Å². The van der Waals surface area contributed by atoms with E-state index in [1.165, 1.54) is 7.11 Å². The molecule has 0 bridgehead atoms. The zero-order chi connectivity index (χ0) is 14.5. The van der Waals surface area contributed by atoms with Gasteiger partial charge in [-0.2, -0.15) is 0 Å². The van der Waals surface area contributed by atoms with Gasteiger partial charge in [-0.1, -0.05) is 6.07 Å². The molecule has 1 amide bonds. The van der Waals surface area contributed by atoms with Gasteiger partial charge in [0, 0.05) is 11.8 Å². The number of amides is 1. The van der Waals surface area contributed by atoms with Crippen molar-refractivity contribution in [3.8, 4) is 11.5 Å². The lowest BCUT2D eigenvalue weighted by Gasteiger charge is -2.14. The number of ether oxygens (including phenoxy) is 2. The number of hydrogen-bond acceptors (Lipinski definition) is 4. The number of benzene rings is 1. The molecule has 1 aromatic heterocycles. The Morgan fingerprint density at radius 1 is 1.15 bits per heavy atom. The molecule has 5 heteroatoms. The molecule has 0 aliphatic rings. The average molecular weight is 272 g/mol. The van der Waals surface area contributed by atoms with Gasteiger partial charge in [0.2, 0.25) is 0 Å². The first-order valence-electron chi connectivity index (χ1n) is 6.11. The summed E-state index contributed by atoms with van der Waals surface area (Å²) in [5.74, 6) is 1.40. The molecule has 2 aromatic rings. The molecule has 0 fully saturated rings. The van der Waals surface area contributed by atoms with Crippen LogP contribution in [0.3, 0.4) is 0 Å². The van der Waals surface area contributed by atoms with E-state index in [1.54, 1.807) is 43.6 Å². The smallest absolute Gasteiger partial charge is 0.260 e. The molecule has 0 aliphatic carbocycles. The first-order valence-corrected chi connectivity index (χ1v) is 6.11. The summed E-state index contributed by atoms with van der Waals surface area (Å²) in [6, 6.07) is 8.72. The van der Waals surface area contributed by atoms with Gasteiger partial charge in [-0.3, -0.25) is 4.79 Å². The number of pyridine rings is 1. The predicted molar refractivity (Wildman–Crippen MR) is 76.5 cm³/mol. The topological polar surface area (TPSA) is 60.5 Å². The minimum Gasteiger partial charge on any atom is -0.496 e. The summed E-state index contributed by atoms with van der Waals surface area (Å²) in [7, 11) is 3.11. The summed E-state index contributed by atoms with van der Waals surface area (Å²) < 4.78 is 10.5. The van der Waals surface area contributed by atoms with E-state index in [1.807, 2.05) is 6.92 Å². The van der Waals surface area contributed by atoms with Gasteiger partial charge >= 0.3 is 0 Å². The van der Waals surface area contributed by atoms with Crippen molar-refractivity contribution >= 4 is 11.7 Å². The number of carbonyl (C=O) groups is 1. The maximum Gasteiger partial charge on any atom is 0.260 e. The summed E-state index contributed by atoms with van der Waals surface area (Å²) in [6.07, 6.45) is 1.62. The first-order chi connectivity index (χ1) is 9.67. The Hall–Kier alpha value is -2.56. The summed E-state index contributed by atoms with van der Waals surface area (Å²) in [5.41, 5.74) is 1.22. The molecular weight excluding hydrogens is 256 g/mol. The standard InChI is InChI=1S/C15H16N2O3/c1-10-12(19-2)8-7-11(14(10)20-3)15(18)17-13-6-4-5-9-16-13/h4-9H,1-3H3,(H,16,17,18). The Balaban J connectivity index is 2.33. The second-order valence-corrected chi connectivity index (χ2v) is 4.14. The second kappa shape index (κ2) is 6.06. The third-order valence-corrected chi connectivity index (χ3v) is 2.93. The van der Waals surface area contributed by atoms with Crippen LogP contribution in [0.2, 0.25) is 0 Å². The van der Waals surface area contributed by atoms with Crippen molar-refractivity contribution in [2.24, 2.45) is 0 Å². The second-order valence-electron chi connectivity index (χ2n) is 4.14. The van der Waals surface area contributed by atoms with Gasteiger partial charge < -0.3 is 14.8 Å². The van der Waals surface area contributed by atoms with Crippen molar-refractivity contribution in [1.29, 1.82) is 0 Å². The molecule has 0 saturated heterocycles.